The number of amides is 2. The summed E-state index contributed by atoms with van der Waals surface area (Å²) >= 11 is 0. The average Bonchev–Trinajstić information content (AvgIpc) is 2.58. The number of nitrogens with one attached hydrogen (secondary N) is 1. The highest BCUT2D eigenvalue weighted by Crippen LogP contribution is 2.62. The first kappa shape index (κ1) is 6.54. The zero-order valence-corrected chi connectivity index (χ0v) is 6.90. The molecule has 2 saturated carbocycles. The van der Waals surface area contributed by atoms with Crippen molar-refractivity contribution < 1.29 is 14.3 Å². The normalized spacial score (nSPS) is 60.6. The fourth-order valence-corrected chi connectivity index (χ4v) is 3.65. The number of fused-ring (bicyclic) bond motifs is 8. The summed E-state index contributed by atoms with van der Waals surface area (Å²) < 4.78 is 5.44. The molecule has 2 heterocycles. The van der Waals surface area contributed by atoms with Crippen LogP contribution >= 0.6 is 0 Å². The first-order chi connectivity index (χ1) is 6.27. The molecule has 2 amide bonds. The Bertz CT molecular complexity index is 310. The first-order valence-corrected chi connectivity index (χ1v) is 4.77. The molecule has 13 heavy (non-hydrogen) atoms. The van der Waals surface area contributed by atoms with Crippen LogP contribution in [-0.4, -0.2) is 24.0 Å². The maximum Gasteiger partial charge on any atom is 0.230 e. The van der Waals surface area contributed by atoms with E-state index >= 15 is 0 Å². The Morgan fingerprint density at radius 2 is 1.62 bits per heavy atom. The van der Waals surface area contributed by atoms with Gasteiger partial charge in [0.1, 0.15) is 0 Å². The lowest BCUT2D eigenvalue weighted by Crippen LogP contribution is -2.29. The number of carbonyl (C=O) groups is 2. The van der Waals surface area contributed by atoms with E-state index in [1.807, 2.05) is 0 Å². The van der Waals surface area contributed by atoms with Crippen molar-refractivity contribution in [3.05, 3.63) is 0 Å². The molecule has 0 spiro atoms. The average molecular weight is 179 g/mol. The molecule has 0 aromatic carbocycles. The highest BCUT2D eigenvalue weighted by molar-refractivity contribution is 6.06. The highest BCUT2D eigenvalue weighted by atomic mass is 16.6. The molecule has 4 aliphatic rings. The summed E-state index contributed by atoms with van der Waals surface area (Å²) in [6.45, 7) is 0. The van der Waals surface area contributed by atoms with Crippen LogP contribution in [-0.2, 0) is 14.3 Å². The van der Waals surface area contributed by atoms with Crippen molar-refractivity contribution in [1.29, 1.82) is 0 Å². The van der Waals surface area contributed by atoms with Crippen molar-refractivity contribution in [3.8, 4) is 0 Å². The van der Waals surface area contributed by atoms with Crippen molar-refractivity contribution in [2.24, 2.45) is 23.7 Å². The van der Waals surface area contributed by atoms with E-state index in [1.54, 1.807) is 0 Å². The Morgan fingerprint density at radius 3 is 2.15 bits per heavy atom. The van der Waals surface area contributed by atoms with Crippen molar-refractivity contribution in [3.63, 3.8) is 0 Å². The van der Waals surface area contributed by atoms with Gasteiger partial charge in [-0.1, -0.05) is 0 Å². The summed E-state index contributed by atoms with van der Waals surface area (Å²) in [6.07, 6.45) is 1.65. The van der Waals surface area contributed by atoms with Crippen LogP contribution < -0.4 is 5.32 Å². The molecule has 0 aromatic heterocycles. The molecule has 2 saturated heterocycles. The minimum atomic E-state index is -0.0588. The number of hydrogen-bond donors (Lipinski definition) is 1. The molecular formula is C9H9NO3. The number of ether oxygens (including phenoxy) is 1. The lowest BCUT2D eigenvalue weighted by atomic mass is 9.81. The molecule has 4 nitrogen and oxygen atoms in total. The molecule has 4 rings (SSSR count). The van der Waals surface area contributed by atoms with Crippen LogP contribution in [0.25, 0.3) is 0 Å². The minimum Gasteiger partial charge on any atom is -0.369 e. The Balaban J connectivity index is 1.84. The molecule has 0 radical (unpaired) electrons. The Hall–Kier alpha value is -0.900. The van der Waals surface area contributed by atoms with Gasteiger partial charge in [-0.15, -0.1) is 0 Å². The van der Waals surface area contributed by atoms with Crippen LogP contribution in [0.3, 0.4) is 0 Å². The van der Waals surface area contributed by atoms with Gasteiger partial charge in [-0.25, -0.2) is 0 Å². The molecule has 6 atom stereocenters. The summed E-state index contributed by atoms with van der Waals surface area (Å²) in [6, 6.07) is 0. The molecule has 0 unspecified atom stereocenters. The zero-order chi connectivity index (χ0) is 8.74. The summed E-state index contributed by atoms with van der Waals surface area (Å²) in [7, 11) is 0. The van der Waals surface area contributed by atoms with Gasteiger partial charge in [-0.3, -0.25) is 14.9 Å². The predicted molar refractivity (Wildman–Crippen MR) is 40.4 cm³/mol. The van der Waals surface area contributed by atoms with Gasteiger partial charge in [0.15, 0.2) is 0 Å². The van der Waals surface area contributed by atoms with Crippen molar-refractivity contribution in [1.82, 2.24) is 5.32 Å². The van der Waals surface area contributed by atoms with Gasteiger partial charge in [0, 0.05) is 11.8 Å². The van der Waals surface area contributed by atoms with Crippen LogP contribution in [0.1, 0.15) is 6.42 Å². The predicted octanol–water partition coefficient (Wildman–Crippen LogP) is -0.708. The van der Waals surface area contributed by atoms with Crippen LogP contribution in [0.2, 0.25) is 0 Å². The standard InChI is InChI=1S/C9H9NO3/c11-8-4-2-1-3(7-6(2)13-7)5(4)9(12)10-8/h2-7H,1H2,(H,10,11,12)/t2-,3+,4+,5-,6-,7+. The number of carbonyl (C=O) groups excluding carboxylic acids is 2. The lowest BCUT2D eigenvalue weighted by Gasteiger charge is -2.15. The van der Waals surface area contributed by atoms with E-state index in [0.717, 1.165) is 6.42 Å². The largest absolute Gasteiger partial charge is 0.369 e. The Morgan fingerprint density at radius 1 is 1.08 bits per heavy atom. The summed E-state index contributed by atoms with van der Waals surface area (Å²) in [5, 5.41) is 2.43. The van der Waals surface area contributed by atoms with E-state index in [4.69, 9.17) is 4.74 Å². The summed E-state index contributed by atoms with van der Waals surface area (Å²) in [5.41, 5.74) is 0. The number of hydrogen-bond acceptors (Lipinski definition) is 3. The van der Waals surface area contributed by atoms with Gasteiger partial charge in [-0.05, 0) is 6.42 Å². The topological polar surface area (TPSA) is 58.7 Å². The summed E-state index contributed by atoms with van der Waals surface area (Å²) in [5.74, 6) is 0.452. The Labute approximate surface area is 74.6 Å². The van der Waals surface area contributed by atoms with Crippen molar-refractivity contribution in [2.45, 2.75) is 18.6 Å². The molecule has 4 heteroatoms. The van der Waals surface area contributed by atoms with E-state index in [1.165, 1.54) is 0 Å². The van der Waals surface area contributed by atoms with Gasteiger partial charge in [0.05, 0.1) is 24.0 Å². The maximum absolute atomic E-state index is 11.4. The maximum atomic E-state index is 11.4. The lowest BCUT2D eigenvalue weighted by molar-refractivity contribution is -0.127. The smallest absolute Gasteiger partial charge is 0.230 e. The van der Waals surface area contributed by atoms with Crippen molar-refractivity contribution in [2.75, 3.05) is 0 Å². The van der Waals surface area contributed by atoms with Gasteiger partial charge < -0.3 is 4.74 Å². The monoisotopic (exact) mass is 179 g/mol. The number of epoxide rings is 1. The third-order valence-electron chi connectivity index (χ3n) is 4.11. The zero-order valence-electron chi connectivity index (χ0n) is 6.90. The van der Waals surface area contributed by atoms with Crippen LogP contribution in [0, 0.1) is 23.7 Å². The Kier molecular flexibility index (Phi) is 0.836. The van der Waals surface area contributed by atoms with E-state index in [9.17, 15) is 9.59 Å². The molecule has 2 aliphatic heterocycles. The van der Waals surface area contributed by atoms with Gasteiger partial charge in [-0.2, -0.15) is 0 Å². The van der Waals surface area contributed by atoms with Crippen LogP contribution in [0.15, 0.2) is 0 Å². The SMILES string of the molecule is O=C1NC(=O)[C@H]2[C@H]3C[C@H]([C@@H]4O[C@H]34)[C@@H]12. The quantitative estimate of drug-likeness (QED) is 0.395. The third kappa shape index (κ3) is 0.544. The van der Waals surface area contributed by atoms with Crippen LogP contribution in [0.4, 0.5) is 0 Å². The van der Waals surface area contributed by atoms with Crippen molar-refractivity contribution >= 4 is 11.8 Å². The molecule has 1 N–H and O–H groups in total. The van der Waals surface area contributed by atoms with Gasteiger partial charge in [0.25, 0.3) is 0 Å². The van der Waals surface area contributed by atoms with Gasteiger partial charge >= 0.3 is 0 Å². The van der Waals surface area contributed by atoms with E-state index < -0.39 is 0 Å². The molecule has 2 bridgehead atoms. The van der Waals surface area contributed by atoms with E-state index in [2.05, 4.69) is 5.32 Å². The number of imide groups is 1. The molecule has 68 valence electrons. The molecular weight excluding hydrogens is 170 g/mol. The molecule has 0 aromatic rings. The fraction of sp³-hybridized carbons (Fsp3) is 0.778. The van der Waals surface area contributed by atoms with Crippen LogP contribution in [0.5, 0.6) is 0 Å². The second-order valence-corrected chi connectivity index (χ2v) is 4.53. The molecule has 2 aliphatic carbocycles. The fourth-order valence-electron chi connectivity index (χ4n) is 3.65. The second kappa shape index (κ2) is 1.66. The first-order valence-electron chi connectivity index (χ1n) is 4.77. The third-order valence-corrected chi connectivity index (χ3v) is 4.11. The highest BCUT2D eigenvalue weighted by Gasteiger charge is 2.72. The molecule has 4 fully saturated rings. The van der Waals surface area contributed by atoms with E-state index in [0.29, 0.717) is 24.0 Å². The van der Waals surface area contributed by atoms with E-state index in [-0.39, 0.29) is 23.7 Å². The number of rotatable bonds is 0. The van der Waals surface area contributed by atoms with Gasteiger partial charge in [0.2, 0.25) is 11.8 Å². The summed E-state index contributed by atoms with van der Waals surface area (Å²) in [4.78, 5) is 22.9. The second-order valence-electron chi connectivity index (χ2n) is 4.53. The minimum absolute atomic E-state index is 0.0544.